The molecular weight excluding hydrogens is 242 g/mol. The molecule has 4 heterocycles. The van der Waals surface area contributed by atoms with E-state index in [9.17, 15) is 4.79 Å². The number of furan rings is 1. The lowest BCUT2D eigenvalue weighted by molar-refractivity contribution is 0.0878. The average Bonchev–Trinajstić information content (AvgIpc) is 3.13. The van der Waals surface area contributed by atoms with Crippen LogP contribution in [0.4, 0.5) is 0 Å². The van der Waals surface area contributed by atoms with Crippen LogP contribution < -0.4 is 5.32 Å². The predicted octanol–water partition coefficient (Wildman–Crippen LogP) is 1.61. The molecule has 98 valence electrons. The summed E-state index contributed by atoms with van der Waals surface area (Å²) in [6, 6.07) is 3.62. The van der Waals surface area contributed by atoms with E-state index in [2.05, 4.69) is 15.2 Å². The van der Waals surface area contributed by atoms with Gasteiger partial charge in [-0.3, -0.25) is 9.69 Å². The molecule has 19 heavy (non-hydrogen) atoms. The number of rotatable bonds is 2. The van der Waals surface area contributed by atoms with E-state index >= 15 is 0 Å². The Hall–Kier alpha value is -1.88. The van der Waals surface area contributed by atoms with Gasteiger partial charge in [0.15, 0.2) is 5.58 Å². The molecule has 0 saturated carbocycles. The fourth-order valence-electron chi connectivity index (χ4n) is 3.17. The Morgan fingerprint density at radius 2 is 2.47 bits per heavy atom. The zero-order chi connectivity index (χ0) is 12.8. The molecule has 5 heteroatoms. The van der Waals surface area contributed by atoms with Crippen molar-refractivity contribution in [1.29, 1.82) is 0 Å². The summed E-state index contributed by atoms with van der Waals surface area (Å²) in [5, 5.41) is 3.99. The molecule has 0 radical (unpaired) electrons. The van der Waals surface area contributed by atoms with Gasteiger partial charge in [-0.15, -0.1) is 0 Å². The zero-order valence-corrected chi connectivity index (χ0v) is 10.5. The molecule has 2 aliphatic rings. The van der Waals surface area contributed by atoms with Gasteiger partial charge in [-0.2, -0.15) is 0 Å². The lowest BCUT2D eigenvalue weighted by atomic mass is 10.0. The summed E-state index contributed by atoms with van der Waals surface area (Å²) in [7, 11) is 0. The maximum Gasteiger partial charge on any atom is 0.271 e. The topological polar surface area (TPSA) is 58.4 Å². The average molecular weight is 257 g/mol. The van der Waals surface area contributed by atoms with Crippen molar-refractivity contribution >= 4 is 16.9 Å². The van der Waals surface area contributed by atoms with Gasteiger partial charge in [-0.25, -0.2) is 4.98 Å². The first-order valence-electron chi connectivity index (χ1n) is 6.68. The van der Waals surface area contributed by atoms with Gasteiger partial charge in [0.1, 0.15) is 5.69 Å². The molecule has 2 bridgehead atoms. The second-order valence-corrected chi connectivity index (χ2v) is 5.40. The second kappa shape index (κ2) is 4.06. The van der Waals surface area contributed by atoms with Crippen molar-refractivity contribution in [3.8, 4) is 0 Å². The van der Waals surface area contributed by atoms with Crippen LogP contribution in [0.3, 0.4) is 0 Å². The first-order chi connectivity index (χ1) is 9.29. The van der Waals surface area contributed by atoms with Crippen LogP contribution in [0.5, 0.6) is 0 Å². The van der Waals surface area contributed by atoms with Gasteiger partial charge < -0.3 is 9.73 Å². The van der Waals surface area contributed by atoms with Crippen molar-refractivity contribution in [3.05, 3.63) is 30.3 Å². The number of nitrogens with one attached hydrogen (secondary N) is 1. The number of piperidine rings is 1. The number of carbonyl (C=O) groups excluding carboxylic acids is 1. The van der Waals surface area contributed by atoms with E-state index in [0.717, 1.165) is 30.8 Å². The molecule has 2 fully saturated rings. The number of pyridine rings is 1. The normalized spacial score (nSPS) is 28.9. The first-order valence-corrected chi connectivity index (χ1v) is 6.68. The molecule has 2 saturated heterocycles. The Morgan fingerprint density at radius 1 is 1.53 bits per heavy atom. The Kier molecular flexibility index (Phi) is 2.35. The van der Waals surface area contributed by atoms with Crippen LogP contribution in [0.2, 0.25) is 0 Å². The van der Waals surface area contributed by atoms with E-state index < -0.39 is 0 Å². The molecule has 1 amide bonds. The van der Waals surface area contributed by atoms with Crippen LogP contribution in [0.15, 0.2) is 29.0 Å². The third-order valence-corrected chi connectivity index (χ3v) is 4.19. The fourth-order valence-corrected chi connectivity index (χ4v) is 3.17. The van der Waals surface area contributed by atoms with E-state index in [1.165, 1.54) is 6.42 Å². The summed E-state index contributed by atoms with van der Waals surface area (Å²) in [6.45, 7) is 2.23. The number of hydrogen-bond acceptors (Lipinski definition) is 4. The molecule has 2 aromatic heterocycles. The van der Waals surface area contributed by atoms with Crippen LogP contribution >= 0.6 is 0 Å². The van der Waals surface area contributed by atoms with Crippen molar-refractivity contribution in [2.24, 2.45) is 5.92 Å². The Morgan fingerprint density at radius 3 is 3.26 bits per heavy atom. The first kappa shape index (κ1) is 11.0. The standard InChI is InChI=1S/C14H15N3O2/c18-14(16-13-5-9-1-3-17(13)8-9)11-6-10-2-4-19-12(10)7-15-11/h2,4,6-7,9,13H,1,3,5,8H2,(H,16,18). The highest BCUT2D eigenvalue weighted by Crippen LogP contribution is 2.31. The summed E-state index contributed by atoms with van der Waals surface area (Å²) >= 11 is 0. The molecule has 2 aromatic rings. The second-order valence-electron chi connectivity index (χ2n) is 5.40. The van der Waals surface area contributed by atoms with E-state index in [4.69, 9.17) is 4.42 Å². The zero-order valence-electron chi connectivity index (χ0n) is 10.5. The van der Waals surface area contributed by atoms with Crippen LogP contribution in [0.25, 0.3) is 11.0 Å². The summed E-state index contributed by atoms with van der Waals surface area (Å²) in [4.78, 5) is 18.7. The van der Waals surface area contributed by atoms with E-state index in [0.29, 0.717) is 11.3 Å². The van der Waals surface area contributed by atoms with Gasteiger partial charge in [0.2, 0.25) is 0 Å². The predicted molar refractivity (Wildman–Crippen MR) is 69.6 cm³/mol. The van der Waals surface area contributed by atoms with Crippen molar-refractivity contribution in [3.63, 3.8) is 0 Å². The van der Waals surface area contributed by atoms with E-state index in [-0.39, 0.29) is 12.1 Å². The highest BCUT2D eigenvalue weighted by Gasteiger charge is 2.38. The number of nitrogens with zero attached hydrogens (tertiary/aromatic N) is 2. The van der Waals surface area contributed by atoms with Gasteiger partial charge in [0, 0.05) is 18.5 Å². The van der Waals surface area contributed by atoms with Crippen LogP contribution in [0.1, 0.15) is 23.3 Å². The summed E-state index contributed by atoms with van der Waals surface area (Å²) < 4.78 is 5.22. The van der Waals surface area contributed by atoms with Gasteiger partial charge in [-0.1, -0.05) is 0 Å². The fraction of sp³-hybridized carbons (Fsp3) is 0.429. The minimum atomic E-state index is -0.0966. The number of hydrogen-bond donors (Lipinski definition) is 1. The number of amides is 1. The van der Waals surface area contributed by atoms with Gasteiger partial charge >= 0.3 is 0 Å². The Labute approximate surface area is 110 Å². The van der Waals surface area contributed by atoms with Crippen LogP contribution in [-0.4, -0.2) is 35.0 Å². The lowest BCUT2D eigenvalue weighted by Gasteiger charge is -2.25. The molecule has 1 N–H and O–H groups in total. The highest BCUT2D eigenvalue weighted by atomic mass is 16.3. The SMILES string of the molecule is O=C(NC1CC2CCN1C2)c1cc2ccoc2cn1. The maximum absolute atomic E-state index is 12.2. The van der Waals surface area contributed by atoms with Crippen molar-refractivity contribution in [2.75, 3.05) is 13.1 Å². The largest absolute Gasteiger partial charge is 0.463 e. The summed E-state index contributed by atoms with van der Waals surface area (Å²) in [6.07, 6.45) is 5.74. The molecule has 2 aliphatic heterocycles. The highest BCUT2D eigenvalue weighted by molar-refractivity contribution is 5.95. The molecule has 0 aliphatic carbocycles. The number of carbonyl (C=O) groups is 1. The molecule has 5 nitrogen and oxygen atoms in total. The molecule has 3 atom stereocenters. The molecule has 0 spiro atoms. The van der Waals surface area contributed by atoms with Crippen molar-refractivity contribution in [2.45, 2.75) is 19.0 Å². The Bertz CT molecular complexity index is 636. The molecule has 0 aromatic carbocycles. The Balaban J connectivity index is 1.53. The smallest absolute Gasteiger partial charge is 0.271 e. The van der Waals surface area contributed by atoms with Gasteiger partial charge in [0.25, 0.3) is 5.91 Å². The molecular formula is C14H15N3O2. The summed E-state index contributed by atoms with van der Waals surface area (Å²) in [5.74, 6) is 0.662. The maximum atomic E-state index is 12.2. The third-order valence-electron chi connectivity index (χ3n) is 4.19. The monoisotopic (exact) mass is 257 g/mol. The summed E-state index contributed by atoms with van der Waals surface area (Å²) in [5.41, 5.74) is 1.16. The van der Waals surface area contributed by atoms with Crippen molar-refractivity contribution in [1.82, 2.24) is 15.2 Å². The molecule has 3 unspecified atom stereocenters. The lowest BCUT2D eigenvalue weighted by Crippen LogP contribution is -2.45. The van der Waals surface area contributed by atoms with Crippen molar-refractivity contribution < 1.29 is 9.21 Å². The van der Waals surface area contributed by atoms with E-state index in [1.807, 2.05) is 6.07 Å². The third kappa shape index (κ3) is 1.81. The van der Waals surface area contributed by atoms with Gasteiger partial charge in [0.05, 0.1) is 18.6 Å². The minimum absolute atomic E-state index is 0.0966. The van der Waals surface area contributed by atoms with Gasteiger partial charge in [-0.05, 0) is 30.9 Å². The number of aromatic nitrogens is 1. The van der Waals surface area contributed by atoms with Crippen LogP contribution in [-0.2, 0) is 0 Å². The molecule has 4 rings (SSSR count). The quantitative estimate of drug-likeness (QED) is 0.888. The van der Waals surface area contributed by atoms with E-state index in [1.54, 1.807) is 18.5 Å². The number of fused-ring (bicyclic) bond motifs is 3. The van der Waals surface area contributed by atoms with Crippen LogP contribution in [0, 0.1) is 5.92 Å². The minimum Gasteiger partial charge on any atom is -0.463 e.